The van der Waals surface area contributed by atoms with Gasteiger partial charge in [-0.25, -0.2) is 9.18 Å². The summed E-state index contributed by atoms with van der Waals surface area (Å²) >= 11 is 11.9. The molecule has 1 amide bonds. The van der Waals surface area contributed by atoms with Crippen LogP contribution in [0.1, 0.15) is 26.4 Å². The van der Waals surface area contributed by atoms with Crippen LogP contribution in [0.2, 0.25) is 10.0 Å². The third-order valence-corrected chi connectivity index (χ3v) is 4.68. The Hall–Kier alpha value is -3.43. The van der Waals surface area contributed by atoms with Crippen molar-refractivity contribution < 1.29 is 23.8 Å². The van der Waals surface area contributed by atoms with Gasteiger partial charge in [0.1, 0.15) is 12.4 Å². The maximum Gasteiger partial charge on any atom is 0.335 e. The van der Waals surface area contributed by atoms with Crippen LogP contribution in [0, 0.1) is 5.82 Å². The number of nitrogens with two attached hydrogens (primary N) is 1. The summed E-state index contributed by atoms with van der Waals surface area (Å²) in [6.45, 7) is -0.219. The number of anilines is 2. The van der Waals surface area contributed by atoms with Gasteiger partial charge in [-0.05, 0) is 36.4 Å². The fraction of sp³-hybridized carbons (Fsp3) is 0.0526. The third-order valence-electron chi connectivity index (χ3n) is 3.92. The smallest absolute Gasteiger partial charge is 0.335 e. The van der Waals surface area contributed by atoms with E-state index < -0.39 is 17.7 Å². The van der Waals surface area contributed by atoms with Gasteiger partial charge in [-0.2, -0.15) is 0 Å². The molecule has 0 radical (unpaired) electrons. The maximum absolute atomic E-state index is 13.6. The Bertz CT molecular complexity index is 1130. The number of aromatic carboxylic acids is 1. The van der Waals surface area contributed by atoms with Gasteiger partial charge in [0.05, 0.1) is 10.6 Å². The minimum absolute atomic E-state index is 0.0211. The fourth-order valence-electron chi connectivity index (χ4n) is 2.35. The lowest BCUT2D eigenvalue weighted by Gasteiger charge is -2.12. The molecule has 1 aromatic heterocycles. The summed E-state index contributed by atoms with van der Waals surface area (Å²) in [4.78, 5) is 23.3. The number of amides is 1. The number of carbonyl (C=O) groups excluding carboxylic acids is 1. The number of nitrogens with zero attached hydrogens (tertiary/aromatic N) is 2. The van der Waals surface area contributed by atoms with Crippen molar-refractivity contribution in [2.45, 2.75) is 6.61 Å². The summed E-state index contributed by atoms with van der Waals surface area (Å²) in [6.07, 6.45) is 0. The Morgan fingerprint density at radius 1 is 1.13 bits per heavy atom. The molecule has 2 aromatic carbocycles. The van der Waals surface area contributed by atoms with E-state index >= 15 is 0 Å². The number of carboxylic acid groups (broad SMARTS) is 1. The Balaban J connectivity index is 1.75. The molecular formula is C19H13Cl2FN4O4. The Morgan fingerprint density at radius 2 is 1.83 bits per heavy atom. The van der Waals surface area contributed by atoms with Crippen molar-refractivity contribution in [3.8, 4) is 5.75 Å². The summed E-state index contributed by atoms with van der Waals surface area (Å²) in [6, 6.07) is 9.26. The van der Waals surface area contributed by atoms with Crippen LogP contribution in [0.15, 0.2) is 42.5 Å². The van der Waals surface area contributed by atoms with Gasteiger partial charge in [0.25, 0.3) is 5.91 Å². The molecule has 8 nitrogen and oxygen atoms in total. The average molecular weight is 451 g/mol. The molecule has 11 heteroatoms. The monoisotopic (exact) mass is 450 g/mol. The zero-order valence-electron chi connectivity index (χ0n) is 15.0. The van der Waals surface area contributed by atoms with E-state index in [4.69, 9.17) is 38.8 Å². The Morgan fingerprint density at radius 3 is 2.50 bits per heavy atom. The molecule has 0 spiro atoms. The number of nitrogen functional groups attached to an aromatic ring is 1. The molecule has 0 aliphatic heterocycles. The van der Waals surface area contributed by atoms with Gasteiger partial charge >= 0.3 is 5.97 Å². The second-order valence-corrected chi connectivity index (χ2v) is 6.71. The van der Waals surface area contributed by atoms with Crippen molar-refractivity contribution in [1.29, 1.82) is 0 Å². The lowest BCUT2D eigenvalue weighted by atomic mass is 10.2. The normalized spacial score (nSPS) is 10.5. The van der Waals surface area contributed by atoms with Crippen molar-refractivity contribution in [3.05, 3.63) is 75.1 Å². The van der Waals surface area contributed by atoms with Crippen molar-refractivity contribution in [3.63, 3.8) is 0 Å². The number of rotatable bonds is 6. The van der Waals surface area contributed by atoms with Gasteiger partial charge in [-0.1, -0.05) is 23.2 Å². The minimum atomic E-state index is -1.09. The van der Waals surface area contributed by atoms with E-state index in [-0.39, 0.29) is 45.0 Å². The van der Waals surface area contributed by atoms with Gasteiger partial charge in [0, 0.05) is 22.3 Å². The third kappa shape index (κ3) is 4.76. The first-order chi connectivity index (χ1) is 14.3. The lowest BCUT2D eigenvalue weighted by Crippen LogP contribution is -2.15. The summed E-state index contributed by atoms with van der Waals surface area (Å²) < 4.78 is 19.1. The summed E-state index contributed by atoms with van der Waals surface area (Å²) in [5.74, 6) is -2.45. The Labute approximate surface area is 179 Å². The number of carboxylic acids is 1. The van der Waals surface area contributed by atoms with E-state index in [0.29, 0.717) is 5.69 Å². The second-order valence-electron chi connectivity index (χ2n) is 5.93. The average Bonchev–Trinajstić information content (AvgIpc) is 2.72. The molecule has 0 saturated carbocycles. The van der Waals surface area contributed by atoms with Crippen LogP contribution in [-0.4, -0.2) is 27.2 Å². The predicted molar refractivity (Wildman–Crippen MR) is 109 cm³/mol. The number of nitrogens with one attached hydrogen (secondary N) is 1. The number of hydrogen-bond acceptors (Lipinski definition) is 6. The molecule has 0 saturated heterocycles. The van der Waals surface area contributed by atoms with Gasteiger partial charge in [0.15, 0.2) is 17.3 Å². The van der Waals surface area contributed by atoms with Crippen LogP contribution in [0.3, 0.4) is 0 Å². The van der Waals surface area contributed by atoms with Crippen molar-refractivity contribution in [1.82, 2.24) is 10.2 Å². The molecule has 3 rings (SSSR count). The quantitative estimate of drug-likeness (QED) is 0.483. The maximum atomic E-state index is 13.6. The topological polar surface area (TPSA) is 127 Å². The highest BCUT2D eigenvalue weighted by Crippen LogP contribution is 2.29. The molecule has 0 fully saturated rings. The fourth-order valence-corrected chi connectivity index (χ4v) is 2.83. The molecule has 30 heavy (non-hydrogen) atoms. The largest absolute Gasteiger partial charge is 0.485 e. The zero-order valence-corrected chi connectivity index (χ0v) is 16.5. The lowest BCUT2D eigenvalue weighted by molar-refractivity contribution is 0.0696. The Kier molecular flexibility index (Phi) is 6.34. The number of hydrogen-bond donors (Lipinski definition) is 3. The number of ether oxygens (including phenoxy) is 1. The second kappa shape index (κ2) is 8.93. The molecule has 0 unspecified atom stereocenters. The molecule has 154 valence electrons. The van der Waals surface area contributed by atoms with Crippen molar-refractivity contribution in [2.75, 3.05) is 11.1 Å². The van der Waals surface area contributed by atoms with Gasteiger partial charge in [-0.15, -0.1) is 10.2 Å². The van der Waals surface area contributed by atoms with Crippen LogP contribution in [0.25, 0.3) is 0 Å². The van der Waals surface area contributed by atoms with Crippen LogP contribution >= 0.6 is 23.2 Å². The summed E-state index contributed by atoms with van der Waals surface area (Å²) in [5, 5.41) is 18.9. The summed E-state index contributed by atoms with van der Waals surface area (Å²) in [7, 11) is 0. The standard InChI is InChI=1S/C19H13Cl2FN4O4/c20-12-5-6-13(22)16(21)11(12)8-30-15-7-14(25-26-17(15)23)18(27)24-10-3-1-9(2-4-10)19(28)29/h1-7H,8H2,(H2,23,26)(H,24,27)(H,28,29). The molecule has 4 N–H and O–H groups in total. The number of carbonyl (C=O) groups is 2. The number of aromatic nitrogens is 2. The summed E-state index contributed by atoms with van der Waals surface area (Å²) in [5.41, 5.74) is 6.25. The number of halogens is 3. The van der Waals surface area contributed by atoms with Crippen LogP contribution in [0.4, 0.5) is 15.9 Å². The highest BCUT2D eigenvalue weighted by molar-refractivity contribution is 6.36. The first-order valence-electron chi connectivity index (χ1n) is 8.29. The van der Waals surface area contributed by atoms with E-state index in [9.17, 15) is 14.0 Å². The zero-order chi connectivity index (χ0) is 21.8. The predicted octanol–water partition coefficient (Wildman–Crippen LogP) is 4.03. The van der Waals surface area contributed by atoms with E-state index in [1.807, 2.05) is 0 Å². The van der Waals surface area contributed by atoms with Crippen LogP contribution in [-0.2, 0) is 6.61 Å². The first-order valence-corrected chi connectivity index (χ1v) is 9.05. The molecule has 0 atom stereocenters. The molecular weight excluding hydrogens is 438 g/mol. The van der Waals surface area contributed by atoms with Crippen molar-refractivity contribution in [2.24, 2.45) is 0 Å². The van der Waals surface area contributed by atoms with Crippen LogP contribution in [0.5, 0.6) is 5.75 Å². The minimum Gasteiger partial charge on any atom is -0.485 e. The van der Waals surface area contributed by atoms with E-state index in [2.05, 4.69) is 15.5 Å². The van der Waals surface area contributed by atoms with E-state index in [1.165, 1.54) is 36.4 Å². The molecule has 0 bridgehead atoms. The molecule has 1 heterocycles. The number of benzene rings is 2. The van der Waals surface area contributed by atoms with E-state index in [0.717, 1.165) is 6.07 Å². The van der Waals surface area contributed by atoms with Crippen molar-refractivity contribution >= 4 is 46.6 Å². The molecule has 0 aliphatic carbocycles. The SMILES string of the molecule is Nc1nnc(C(=O)Nc2ccc(C(=O)O)cc2)cc1OCc1c(Cl)ccc(F)c1Cl. The van der Waals surface area contributed by atoms with Crippen LogP contribution < -0.4 is 15.8 Å². The van der Waals surface area contributed by atoms with E-state index in [1.54, 1.807) is 0 Å². The van der Waals surface area contributed by atoms with Gasteiger partial charge < -0.3 is 20.9 Å². The highest BCUT2D eigenvalue weighted by atomic mass is 35.5. The first kappa shape index (κ1) is 21.3. The molecule has 3 aromatic rings. The van der Waals surface area contributed by atoms with Gasteiger partial charge in [-0.3, -0.25) is 4.79 Å². The highest BCUT2D eigenvalue weighted by Gasteiger charge is 2.16. The molecule has 0 aliphatic rings. The van der Waals surface area contributed by atoms with Gasteiger partial charge in [0.2, 0.25) is 0 Å².